The maximum Gasteiger partial charge on any atom is 0.335 e. The summed E-state index contributed by atoms with van der Waals surface area (Å²) in [5.41, 5.74) is 2.60. The van der Waals surface area contributed by atoms with Gasteiger partial charge in [-0.05, 0) is 55.2 Å². The number of aromatic nitrogens is 2. The summed E-state index contributed by atoms with van der Waals surface area (Å²) in [5, 5.41) is 15.9. The predicted molar refractivity (Wildman–Crippen MR) is 146 cm³/mol. The number of hydrogen-bond acceptors (Lipinski definition) is 5. The van der Waals surface area contributed by atoms with Crippen LogP contribution in [0.2, 0.25) is 10.0 Å². The summed E-state index contributed by atoms with van der Waals surface area (Å²) in [6, 6.07) is 12.9. The van der Waals surface area contributed by atoms with Gasteiger partial charge in [-0.25, -0.2) is 9.78 Å². The molecule has 192 valence electrons. The summed E-state index contributed by atoms with van der Waals surface area (Å²) in [6.45, 7) is 1.52. The number of nitrogens with one attached hydrogen (secondary N) is 1. The lowest BCUT2D eigenvalue weighted by molar-refractivity contribution is -0.128. The van der Waals surface area contributed by atoms with E-state index in [9.17, 15) is 14.7 Å². The first-order valence-corrected chi connectivity index (χ1v) is 14.4. The van der Waals surface area contributed by atoms with Gasteiger partial charge in [0.05, 0.1) is 21.6 Å². The van der Waals surface area contributed by atoms with Gasteiger partial charge in [-0.3, -0.25) is 9.69 Å². The third-order valence-corrected chi connectivity index (χ3v) is 10.4. The number of benzene rings is 2. The van der Waals surface area contributed by atoms with E-state index >= 15 is 0 Å². The van der Waals surface area contributed by atoms with Crippen molar-refractivity contribution in [2.45, 2.75) is 42.8 Å². The van der Waals surface area contributed by atoms with Gasteiger partial charge < -0.3 is 15.0 Å². The normalized spacial score (nSPS) is 27.6. The Morgan fingerprint density at radius 3 is 2.74 bits per heavy atom. The van der Waals surface area contributed by atoms with Gasteiger partial charge in [-0.2, -0.15) is 0 Å². The zero-order valence-corrected chi connectivity index (χ0v) is 22.4. The molecule has 4 aliphatic rings. The molecule has 1 amide bonds. The number of nitrogens with zero attached hydrogens (tertiary/aromatic N) is 3. The first-order valence-electron chi connectivity index (χ1n) is 12.7. The first kappa shape index (κ1) is 23.0. The Hall–Kier alpha value is -2.91. The van der Waals surface area contributed by atoms with Gasteiger partial charge in [0.25, 0.3) is 0 Å². The van der Waals surface area contributed by atoms with Crippen LogP contribution in [0.1, 0.15) is 51.3 Å². The van der Waals surface area contributed by atoms with Gasteiger partial charge >= 0.3 is 5.97 Å². The second-order valence-corrected chi connectivity index (χ2v) is 12.6. The predicted octanol–water partition coefficient (Wildman–Crippen LogP) is 5.93. The fourth-order valence-corrected chi connectivity index (χ4v) is 8.65. The lowest BCUT2D eigenvalue weighted by Gasteiger charge is -2.40. The molecule has 1 aliphatic carbocycles. The molecule has 4 atom stereocenters. The molecule has 5 heterocycles. The maximum atomic E-state index is 14.3. The van der Waals surface area contributed by atoms with Gasteiger partial charge in [0.2, 0.25) is 5.91 Å². The van der Waals surface area contributed by atoms with E-state index in [2.05, 4.69) is 14.8 Å². The summed E-state index contributed by atoms with van der Waals surface area (Å²) in [4.78, 5) is 34.5. The molecule has 38 heavy (non-hydrogen) atoms. The summed E-state index contributed by atoms with van der Waals surface area (Å²) in [6.07, 6.45) is 2.33. The zero-order valence-electron chi connectivity index (χ0n) is 20.0. The lowest BCUT2D eigenvalue weighted by atomic mass is 9.74. The van der Waals surface area contributed by atoms with Gasteiger partial charge in [0, 0.05) is 57.5 Å². The molecule has 2 N–H and O–H groups in total. The Morgan fingerprint density at radius 2 is 2.00 bits per heavy atom. The fourth-order valence-electron chi connectivity index (χ4n) is 7.18. The largest absolute Gasteiger partial charge is 0.478 e. The van der Waals surface area contributed by atoms with Crippen molar-refractivity contribution in [3.8, 4) is 0 Å². The number of likely N-dealkylation sites (tertiary alicyclic amines) is 1. The van der Waals surface area contributed by atoms with E-state index < -0.39 is 11.5 Å². The molecule has 0 bridgehead atoms. The van der Waals surface area contributed by atoms with Crippen LogP contribution in [0.25, 0.3) is 11.0 Å². The lowest BCUT2D eigenvalue weighted by Crippen LogP contribution is -2.53. The van der Waals surface area contributed by atoms with E-state index in [4.69, 9.17) is 28.2 Å². The molecule has 2 aromatic heterocycles. The van der Waals surface area contributed by atoms with Gasteiger partial charge in [-0.1, -0.05) is 29.3 Å². The standard InChI is InChI=1S/C28H22Cl2N4O3S/c29-15-4-5-17-18(8-15)32-27(37)28(17)24(22-9-16(30)12-38-22)23-21(34(28)10-13-1-2-13)11-33-20-6-3-14(26(35)36)7-19(20)31-25(23)33/h3-9,12-13,21,23-24H,1-2,10-11H2,(H,32,37)(H,35,36)/t21-,23+,24-,28+/m0/s1. The van der Waals surface area contributed by atoms with Crippen molar-refractivity contribution in [1.82, 2.24) is 14.5 Å². The quantitative estimate of drug-likeness (QED) is 0.321. The van der Waals surface area contributed by atoms with Crippen LogP contribution in [0.15, 0.2) is 47.8 Å². The summed E-state index contributed by atoms with van der Waals surface area (Å²) in [7, 11) is 0. The molecule has 8 rings (SSSR count). The van der Waals surface area contributed by atoms with Gasteiger partial charge in [0.1, 0.15) is 11.4 Å². The van der Waals surface area contributed by atoms with Crippen LogP contribution in [0.4, 0.5) is 5.69 Å². The zero-order chi connectivity index (χ0) is 25.9. The van der Waals surface area contributed by atoms with Crippen LogP contribution >= 0.6 is 34.5 Å². The van der Waals surface area contributed by atoms with E-state index in [1.807, 2.05) is 35.7 Å². The molecule has 2 fully saturated rings. The molecular formula is C28H22Cl2N4O3S. The number of rotatable bonds is 4. The van der Waals surface area contributed by atoms with Crippen LogP contribution in [-0.2, 0) is 16.9 Å². The summed E-state index contributed by atoms with van der Waals surface area (Å²) in [5.74, 6) is 0.160. The number of hydrogen-bond donors (Lipinski definition) is 2. The van der Waals surface area contributed by atoms with Crippen molar-refractivity contribution in [2.24, 2.45) is 5.92 Å². The fraction of sp³-hybridized carbons (Fsp3) is 0.321. The van der Waals surface area contributed by atoms with E-state index in [1.54, 1.807) is 23.5 Å². The Morgan fingerprint density at radius 1 is 1.16 bits per heavy atom. The van der Waals surface area contributed by atoms with E-state index in [-0.39, 0.29) is 29.3 Å². The number of carbonyl (C=O) groups is 2. The highest BCUT2D eigenvalue weighted by Crippen LogP contribution is 2.65. The number of carboxylic acids is 1. The van der Waals surface area contributed by atoms with Crippen molar-refractivity contribution in [1.29, 1.82) is 0 Å². The van der Waals surface area contributed by atoms with E-state index in [0.717, 1.165) is 34.0 Å². The van der Waals surface area contributed by atoms with Crippen LogP contribution < -0.4 is 5.32 Å². The minimum absolute atomic E-state index is 0.0323. The molecule has 10 heteroatoms. The average Bonchev–Trinajstić information content (AvgIpc) is 3.14. The molecule has 1 spiro atoms. The number of carbonyl (C=O) groups excluding carboxylic acids is 1. The summed E-state index contributed by atoms with van der Waals surface area (Å²) < 4.78 is 2.22. The molecule has 7 nitrogen and oxygen atoms in total. The van der Waals surface area contributed by atoms with Crippen molar-refractivity contribution in [3.63, 3.8) is 0 Å². The third kappa shape index (κ3) is 2.97. The van der Waals surface area contributed by atoms with Crippen molar-refractivity contribution in [2.75, 3.05) is 11.9 Å². The van der Waals surface area contributed by atoms with Gasteiger partial charge in [0.15, 0.2) is 0 Å². The van der Waals surface area contributed by atoms with Crippen LogP contribution in [0.5, 0.6) is 0 Å². The summed E-state index contributed by atoms with van der Waals surface area (Å²) >= 11 is 14.4. The smallest absolute Gasteiger partial charge is 0.335 e. The number of amides is 1. The van der Waals surface area contributed by atoms with Crippen LogP contribution in [0.3, 0.4) is 0 Å². The number of carboxylic acid groups (broad SMARTS) is 1. The molecule has 3 aliphatic heterocycles. The minimum Gasteiger partial charge on any atom is -0.478 e. The Bertz CT molecular complexity index is 1690. The highest BCUT2D eigenvalue weighted by molar-refractivity contribution is 7.10. The van der Waals surface area contributed by atoms with Gasteiger partial charge in [-0.15, -0.1) is 11.3 Å². The number of fused-ring (bicyclic) bond motifs is 7. The number of aromatic carboxylic acids is 1. The minimum atomic E-state index is -0.975. The topological polar surface area (TPSA) is 87.5 Å². The molecule has 4 aromatic rings. The highest BCUT2D eigenvalue weighted by Gasteiger charge is 2.69. The molecule has 0 unspecified atom stereocenters. The molecule has 1 saturated carbocycles. The van der Waals surface area contributed by atoms with Crippen molar-refractivity contribution >= 4 is 63.1 Å². The second kappa shape index (κ2) is 7.82. The Labute approximate surface area is 232 Å². The molecule has 1 saturated heterocycles. The number of anilines is 1. The van der Waals surface area contributed by atoms with E-state index in [1.165, 1.54) is 12.8 Å². The third-order valence-electron chi connectivity index (χ3n) is 8.80. The second-order valence-electron chi connectivity index (χ2n) is 10.8. The first-order chi connectivity index (χ1) is 18.4. The van der Waals surface area contributed by atoms with Crippen LogP contribution in [-0.4, -0.2) is 44.0 Å². The maximum absolute atomic E-state index is 14.3. The monoisotopic (exact) mass is 564 g/mol. The number of imidazole rings is 1. The molecule has 2 aromatic carbocycles. The van der Waals surface area contributed by atoms with Crippen molar-refractivity contribution < 1.29 is 14.7 Å². The SMILES string of the molecule is O=C(O)c1ccc2c(c1)nc1n2C[C@H]2[C@@H]1[C@H](c1cc(Cl)cs1)[C@]1(C(=O)Nc3cc(Cl)ccc31)N2CC1CC1. The average molecular weight is 565 g/mol. The van der Waals surface area contributed by atoms with E-state index in [0.29, 0.717) is 28.0 Å². The van der Waals surface area contributed by atoms with Crippen molar-refractivity contribution in [3.05, 3.63) is 79.7 Å². The molecular weight excluding hydrogens is 543 g/mol. The van der Waals surface area contributed by atoms with Crippen LogP contribution in [0, 0.1) is 5.92 Å². The Kier molecular flexibility index (Phi) is 4.74. The highest BCUT2D eigenvalue weighted by atomic mass is 35.5. The molecule has 0 radical (unpaired) electrons. The number of thiophene rings is 1. The Balaban J connectivity index is 1.39. The number of halogens is 2.